The Morgan fingerprint density at radius 1 is 1.56 bits per heavy atom. The molecule has 1 fully saturated rings. The summed E-state index contributed by atoms with van der Waals surface area (Å²) < 4.78 is 28.3. The van der Waals surface area contributed by atoms with Gasteiger partial charge in [-0.3, -0.25) is 0 Å². The summed E-state index contributed by atoms with van der Waals surface area (Å²) in [5.41, 5.74) is 0. The van der Waals surface area contributed by atoms with Crippen LogP contribution in [0, 0.1) is 0 Å². The molecule has 1 aromatic rings. The van der Waals surface area contributed by atoms with Gasteiger partial charge >= 0.3 is 0 Å². The Bertz CT molecular complexity index is 497. The van der Waals surface area contributed by atoms with Crippen molar-refractivity contribution in [1.82, 2.24) is 4.98 Å². The first kappa shape index (κ1) is 11.2. The van der Waals surface area contributed by atoms with Gasteiger partial charge in [-0.1, -0.05) is 0 Å². The lowest BCUT2D eigenvalue weighted by Gasteiger charge is -2.12. The molecule has 0 saturated heterocycles. The molecular formula is C9H13N3O3S. The number of primary sulfonamides is 1. The van der Waals surface area contributed by atoms with Crippen LogP contribution in [0.5, 0.6) is 5.75 Å². The van der Waals surface area contributed by atoms with Crippen LogP contribution >= 0.6 is 0 Å². The summed E-state index contributed by atoms with van der Waals surface area (Å²) in [7, 11) is -2.14. The van der Waals surface area contributed by atoms with E-state index in [0.29, 0.717) is 5.82 Å². The second kappa shape index (κ2) is 3.91. The van der Waals surface area contributed by atoms with Crippen LogP contribution < -0.4 is 15.2 Å². The Morgan fingerprint density at radius 2 is 2.25 bits per heavy atom. The molecule has 1 aliphatic rings. The lowest BCUT2D eigenvalue weighted by Crippen LogP contribution is -2.15. The molecule has 1 heterocycles. The normalized spacial score (nSPS) is 15.9. The molecule has 1 aliphatic carbocycles. The third-order valence-electron chi connectivity index (χ3n) is 2.22. The van der Waals surface area contributed by atoms with E-state index < -0.39 is 10.0 Å². The van der Waals surface area contributed by atoms with Crippen LogP contribution in [0.1, 0.15) is 12.8 Å². The summed E-state index contributed by atoms with van der Waals surface area (Å²) in [6.45, 7) is 0. The van der Waals surface area contributed by atoms with E-state index in [4.69, 9.17) is 9.88 Å². The van der Waals surface area contributed by atoms with E-state index in [2.05, 4.69) is 10.3 Å². The van der Waals surface area contributed by atoms with Gasteiger partial charge in [-0.15, -0.1) is 0 Å². The average Bonchev–Trinajstić information content (AvgIpc) is 3.00. The summed E-state index contributed by atoms with van der Waals surface area (Å²) in [6.07, 6.45) is 3.33. The highest BCUT2D eigenvalue weighted by molar-refractivity contribution is 7.89. The van der Waals surface area contributed by atoms with Crippen molar-refractivity contribution in [1.29, 1.82) is 0 Å². The Morgan fingerprint density at radius 3 is 2.75 bits per heavy atom. The average molecular weight is 243 g/mol. The highest BCUT2D eigenvalue weighted by Gasteiger charge is 2.28. The van der Waals surface area contributed by atoms with Crippen LogP contribution in [0.4, 0.5) is 5.82 Å². The second-order valence-electron chi connectivity index (χ2n) is 3.60. The van der Waals surface area contributed by atoms with E-state index >= 15 is 0 Å². The van der Waals surface area contributed by atoms with Crippen molar-refractivity contribution in [2.75, 3.05) is 12.4 Å². The first-order valence-corrected chi connectivity index (χ1v) is 6.43. The van der Waals surface area contributed by atoms with Crippen LogP contribution in [-0.4, -0.2) is 26.6 Å². The van der Waals surface area contributed by atoms with E-state index in [9.17, 15) is 8.42 Å². The van der Waals surface area contributed by atoms with Crippen molar-refractivity contribution in [2.24, 2.45) is 5.14 Å². The number of nitrogens with two attached hydrogens (primary N) is 1. The number of anilines is 1. The van der Waals surface area contributed by atoms with E-state index in [1.807, 2.05) is 0 Å². The lowest BCUT2D eigenvalue weighted by molar-refractivity contribution is 0.295. The Kier molecular flexibility index (Phi) is 2.73. The molecule has 7 heteroatoms. The van der Waals surface area contributed by atoms with Crippen molar-refractivity contribution < 1.29 is 13.2 Å². The molecule has 0 spiro atoms. The van der Waals surface area contributed by atoms with Gasteiger partial charge in [0, 0.05) is 13.2 Å². The molecule has 0 atom stereocenters. The molecule has 0 amide bonds. The molecule has 2 rings (SSSR count). The number of aromatic nitrogens is 1. The molecule has 0 unspecified atom stereocenters. The molecule has 6 nitrogen and oxygen atoms in total. The van der Waals surface area contributed by atoms with Crippen molar-refractivity contribution >= 4 is 15.8 Å². The van der Waals surface area contributed by atoms with Gasteiger partial charge in [-0.2, -0.15) is 0 Å². The molecule has 1 aromatic heterocycles. The summed E-state index contributed by atoms with van der Waals surface area (Å²) in [4.78, 5) is 3.97. The molecule has 0 aliphatic heterocycles. The molecule has 0 radical (unpaired) electrons. The maximum absolute atomic E-state index is 11.4. The monoisotopic (exact) mass is 243 g/mol. The van der Waals surface area contributed by atoms with Crippen LogP contribution in [-0.2, 0) is 10.0 Å². The molecular weight excluding hydrogens is 230 g/mol. The highest BCUT2D eigenvalue weighted by Crippen LogP contribution is 2.35. The number of nitrogens with one attached hydrogen (secondary N) is 1. The predicted molar refractivity (Wildman–Crippen MR) is 58.8 cm³/mol. The lowest BCUT2D eigenvalue weighted by atomic mass is 10.4. The Labute approximate surface area is 93.9 Å². The van der Waals surface area contributed by atoms with Crippen molar-refractivity contribution in [3.8, 4) is 5.75 Å². The number of pyridine rings is 1. The minimum atomic E-state index is -3.79. The summed E-state index contributed by atoms with van der Waals surface area (Å²) in [5, 5.41) is 7.90. The van der Waals surface area contributed by atoms with Crippen LogP contribution in [0.25, 0.3) is 0 Å². The maximum Gasteiger partial charge on any atom is 0.241 e. The fraction of sp³-hybridized carbons (Fsp3) is 0.444. The van der Waals surface area contributed by atoms with Gasteiger partial charge in [0.1, 0.15) is 4.90 Å². The Hall–Kier alpha value is -1.34. The van der Waals surface area contributed by atoms with Gasteiger partial charge < -0.3 is 10.1 Å². The number of hydrogen-bond acceptors (Lipinski definition) is 5. The smallest absolute Gasteiger partial charge is 0.241 e. The van der Waals surface area contributed by atoms with Crippen LogP contribution in [0.15, 0.2) is 17.2 Å². The van der Waals surface area contributed by atoms with Gasteiger partial charge in [-0.05, 0) is 18.9 Å². The number of sulfonamides is 1. The second-order valence-corrected chi connectivity index (χ2v) is 5.13. The van der Waals surface area contributed by atoms with Crippen molar-refractivity contribution in [3.05, 3.63) is 12.3 Å². The standard InChI is InChI=1S/C9H13N3O3S/c1-11-9-8(15-6-2-3-6)7(4-5-12-9)16(10,13)14/h4-6H,2-3H2,1H3,(H,11,12)(H2,10,13,14). The van der Waals surface area contributed by atoms with Gasteiger partial charge in [-0.25, -0.2) is 18.5 Å². The molecule has 3 N–H and O–H groups in total. The zero-order chi connectivity index (χ0) is 11.8. The highest BCUT2D eigenvalue weighted by atomic mass is 32.2. The molecule has 0 aromatic carbocycles. The number of hydrogen-bond donors (Lipinski definition) is 2. The predicted octanol–water partition coefficient (Wildman–Crippen LogP) is 0.312. The van der Waals surface area contributed by atoms with Gasteiger partial charge in [0.2, 0.25) is 10.0 Å². The van der Waals surface area contributed by atoms with Crippen molar-refractivity contribution in [2.45, 2.75) is 23.8 Å². The van der Waals surface area contributed by atoms with Gasteiger partial charge in [0.15, 0.2) is 11.6 Å². The van der Waals surface area contributed by atoms with Gasteiger partial charge in [0.25, 0.3) is 0 Å². The molecule has 88 valence electrons. The van der Waals surface area contributed by atoms with Crippen LogP contribution in [0.2, 0.25) is 0 Å². The van der Waals surface area contributed by atoms with E-state index in [1.165, 1.54) is 12.3 Å². The minimum absolute atomic E-state index is 0.0289. The molecule has 16 heavy (non-hydrogen) atoms. The van der Waals surface area contributed by atoms with E-state index in [1.54, 1.807) is 7.05 Å². The molecule has 1 saturated carbocycles. The fourth-order valence-electron chi connectivity index (χ4n) is 1.30. The number of ether oxygens (including phenoxy) is 1. The van der Waals surface area contributed by atoms with E-state index in [-0.39, 0.29) is 16.7 Å². The third kappa shape index (κ3) is 2.25. The summed E-state index contributed by atoms with van der Waals surface area (Å²) >= 11 is 0. The van der Waals surface area contributed by atoms with Crippen molar-refractivity contribution in [3.63, 3.8) is 0 Å². The van der Waals surface area contributed by atoms with Crippen LogP contribution in [0.3, 0.4) is 0 Å². The fourth-order valence-corrected chi connectivity index (χ4v) is 1.95. The molecule has 0 bridgehead atoms. The van der Waals surface area contributed by atoms with E-state index in [0.717, 1.165) is 12.8 Å². The Balaban J connectivity index is 2.49. The summed E-state index contributed by atoms with van der Waals surface area (Å²) in [6, 6.07) is 1.34. The quantitative estimate of drug-likeness (QED) is 0.793. The summed E-state index contributed by atoms with van der Waals surface area (Å²) in [5.74, 6) is 0.605. The first-order chi connectivity index (χ1) is 7.52. The minimum Gasteiger partial charge on any atom is -0.485 e. The zero-order valence-corrected chi connectivity index (χ0v) is 9.62. The first-order valence-electron chi connectivity index (χ1n) is 4.88. The topological polar surface area (TPSA) is 94.3 Å². The third-order valence-corrected chi connectivity index (χ3v) is 3.16. The maximum atomic E-state index is 11.4. The zero-order valence-electron chi connectivity index (χ0n) is 8.80. The number of rotatable bonds is 4. The van der Waals surface area contributed by atoms with Gasteiger partial charge in [0.05, 0.1) is 6.10 Å². The number of nitrogens with zero attached hydrogens (tertiary/aromatic N) is 1. The largest absolute Gasteiger partial charge is 0.485 e. The SMILES string of the molecule is CNc1nccc(S(N)(=O)=O)c1OC1CC1.